The minimum Gasteiger partial charge on any atom is -0.497 e. The lowest BCUT2D eigenvalue weighted by Crippen LogP contribution is -2.59. The second kappa shape index (κ2) is 9.94. The zero-order chi connectivity index (χ0) is 23.4. The Morgan fingerprint density at radius 2 is 1.75 bits per heavy atom. The van der Waals surface area contributed by atoms with Gasteiger partial charge in [0.05, 0.1) is 25.0 Å². The molecule has 9 nitrogen and oxygen atoms in total. The second-order valence-corrected chi connectivity index (χ2v) is 7.85. The summed E-state index contributed by atoms with van der Waals surface area (Å²) in [5.41, 5.74) is 3.67. The molecule has 0 bridgehead atoms. The number of nitrogens with zero attached hydrogens (tertiary/aromatic N) is 3. The number of hydrogen-bond acceptors (Lipinski definition) is 7. The number of carbonyl (C=O) groups is 2. The Hall–Kier alpha value is -3.21. The van der Waals surface area contributed by atoms with Crippen LogP contribution >= 0.6 is 0 Å². The van der Waals surface area contributed by atoms with Crippen molar-refractivity contribution in [1.29, 1.82) is 0 Å². The minimum atomic E-state index is -0.632. The van der Waals surface area contributed by atoms with Crippen molar-refractivity contribution in [2.24, 2.45) is 11.7 Å². The largest absolute Gasteiger partial charge is 0.497 e. The highest BCUT2D eigenvalue weighted by molar-refractivity contribution is 5.96. The Labute approximate surface area is 186 Å². The van der Waals surface area contributed by atoms with Gasteiger partial charge < -0.3 is 14.5 Å². The van der Waals surface area contributed by atoms with Crippen LogP contribution in [0.2, 0.25) is 0 Å². The molecule has 0 aliphatic carbocycles. The number of amides is 2. The van der Waals surface area contributed by atoms with E-state index in [-0.39, 0.29) is 30.2 Å². The van der Waals surface area contributed by atoms with Crippen LogP contribution in [-0.2, 0) is 0 Å². The zero-order valence-electron chi connectivity index (χ0n) is 18.4. The Morgan fingerprint density at radius 3 is 2.28 bits per heavy atom. The van der Waals surface area contributed by atoms with Crippen LogP contribution in [0.5, 0.6) is 5.75 Å². The van der Waals surface area contributed by atoms with Crippen molar-refractivity contribution in [2.45, 2.75) is 25.9 Å². The predicted octanol–water partition coefficient (Wildman–Crippen LogP) is 1.31. The molecule has 0 spiro atoms. The van der Waals surface area contributed by atoms with Crippen LogP contribution in [0.25, 0.3) is 0 Å². The van der Waals surface area contributed by atoms with Gasteiger partial charge in [-0.05, 0) is 50.2 Å². The van der Waals surface area contributed by atoms with Gasteiger partial charge >= 0.3 is 0 Å². The standard InChI is InChI=1S/C22H29FN6O3/c1-14-11-27(22(31)19-9-8-18(32-3)10-20(19)23)12-15(2)29(14)21(30)16-4-6-17(7-5-16)28(25)13-26-24/h4-10,14-15,26H,11-13,24-25H2,1-3H3/t14-,15-/m1/s1. The maximum atomic E-state index is 14.4. The predicted molar refractivity (Wildman–Crippen MR) is 119 cm³/mol. The lowest BCUT2D eigenvalue weighted by Gasteiger charge is -2.44. The number of rotatable bonds is 6. The Kier molecular flexibility index (Phi) is 7.29. The summed E-state index contributed by atoms with van der Waals surface area (Å²) in [5.74, 6) is 10.3. The number of halogens is 1. The van der Waals surface area contributed by atoms with Gasteiger partial charge in [0, 0.05) is 36.8 Å². The number of nitrogens with two attached hydrogens (primary N) is 2. The molecule has 2 aromatic carbocycles. The molecule has 3 rings (SSSR count). The van der Waals surface area contributed by atoms with Gasteiger partial charge in [0.2, 0.25) is 0 Å². The molecule has 1 heterocycles. The SMILES string of the molecule is COc1ccc(C(=O)N2C[C@@H](C)N(C(=O)c3ccc(N(N)CNN)cc3)[C@H](C)C2)c(F)c1. The number of piperazine rings is 1. The third-order valence-electron chi connectivity index (χ3n) is 5.55. The number of benzene rings is 2. The van der Waals surface area contributed by atoms with E-state index < -0.39 is 11.7 Å². The van der Waals surface area contributed by atoms with Crippen molar-refractivity contribution >= 4 is 17.5 Å². The number of methoxy groups -OCH3 is 1. The second-order valence-electron chi connectivity index (χ2n) is 7.85. The fourth-order valence-electron chi connectivity index (χ4n) is 3.99. The minimum absolute atomic E-state index is 0.0149. The van der Waals surface area contributed by atoms with Crippen molar-refractivity contribution < 1.29 is 18.7 Å². The number of ether oxygens (including phenoxy) is 1. The smallest absolute Gasteiger partial charge is 0.256 e. The van der Waals surface area contributed by atoms with Crippen LogP contribution in [-0.4, -0.2) is 60.6 Å². The number of hydrazine groups is 2. The maximum Gasteiger partial charge on any atom is 0.256 e. The van der Waals surface area contributed by atoms with Gasteiger partial charge in [0.15, 0.2) is 0 Å². The third-order valence-corrected chi connectivity index (χ3v) is 5.55. The van der Waals surface area contributed by atoms with Gasteiger partial charge in [0.25, 0.3) is 11.8 Å². The van der Waals surface area contributed by atoms with E-state index in [0.717, 1.165) is 0 Å². The molecule has 0 radical (unpaired) electrons. The first-order valence-electron chi connectivity index (χ1n) is 10.3. The summed E-state index contributed by atoms with van der Waals surface area (Å²) < 4.78 is 19.4. The molecule has 1 saturated heterocycles. The molecule has 5 N–H and O–H groups in total. The first-order valence-corrected chi connectivity index (χ1v) is 10.3. The molecular formula is C22H29FN6O3. The Morgan fingerprint density at radius 1 is 1.12 bits per heavy atom. The van der Waals surface area contributed by atoms with E-state index in [1.54, 1.807) is 40.1 Å². The molecule has 10 heteroatoms. The molecule has 0 unspecified atom stereocenters. The van der Waals surface area contributed by atoms with E-state index in [1.165, 1.54) is 24.3 Å². The van der Waals surface area contributed by atoms with Gasteiger partial charge in [-0.25, -0.2) is 15.7 Å². The van der Waals surface area contributed by atoms with Gasteiger partial charge in [-0.1, -0.05) is 0 Å². The van der Waals surface area contributed by atoms with Gasteiger partial charge in [-0.2, -0.15) is 0 Å². The average Bonchev–Trinajstić information content (AvgIpc) is 2.78. The summed E-state index contributed by atoms with van der Waals surface area (Å²) >= 11 is 0. The van der Waals surface area contributed by atoms with Gasteiger partial charge in [0.1, 0.15) is 11.6 Å². The van der Waals surface area contributed by atoms with Crippen molar-refractivity contribution in [3.63, 3.8) is 0 Å². The van der Waals surface area contributed by atoms with E-state index in [1.807, 2.05) is 13.8 Å². The summed E-state index contributed by atoms with van der Waals surface area (Å²) in [6.45, 7) is 4.61. The first kappa shape index (κ1) is 23.5. The molecule has 2 amide bonds. The molecular weight excluding hydrogens is 415 g/mol. The molecule has 32 heavy (non-hydrogen) atoms. The van der Waals surface area contributed by atoms with E-state index in [4.69, 9.17) is 16.4 Å². The monoisotopic (exact) mass is 444 g/mol. The first-order chi connectivity index (χ1) is 15.3. The summed E-state index contributed by atoms with van der Waals surface area (Å²) in [7, 11) is 1.44. The quantitative estimate of drug-likeness (QED) is 0.349. The highest BCUT2D eigenvalue weighted by Crippen LogP contribution is 2.24. The Balaban J connectivity index is 1.72. The topological polar surface area (TPSA) is 117 Å². The van der Waals surface area contributed by atoms with Crippen molar-refractivity contribution in [1.82, 2.24) is 15.2 Å². The van der Waals surface area contributed by atoms with Gasteiger partial charge in [-0.3, -0.25) is 20.4 Å². The van der Waals surface area contributed by atoms with Crippen molar-refractivity contribution in [3.05, 3.63) is 59.4 Å². The van der Waals surface area contributed by atoms with Crippen LogP contribution in [0, 0.1) is 5.82 Å². The van der Waals surface area contributed by atoms with E-state index in [2.05, 4.69) is 5.43 Å². The molecule has 1 fully saturated rings. The summed E-state index contributed by atoms with van der Waals surface area (Å²) in [4.78, 5) is 29.4. The van der Waals surface area contributed by atoms with E-state index in [9.17, 15) is 14.0 Å². The van der Waals surface area contributed by atoms with Crippen LogP contribution in [0.15, 0.2) is 42.5 Å². The van der Waals surface area contributed by atoms with Crippen LogP contribution < -0.4 is 26.9 Å². The normalized spacial score (nSPS) is 18.4. The number of hydrogen-bond donors (Lipinski definition) is 3. The molecule has 1 aliphatic rings. The highest BCUT2D eigenvalue weighted by Gasteiger charge is 2.36. The van der Waals surface area contributed by atoms with Crippen LogP contribution in [0.3, 0.4) is 0 Å². The molecule has 2 atom stereocenters. The van der Waals surface area contributed by atoms with Crippen molar-refractivity contribution in [3.8, 4) is 5.75 Å². The highest BCUT2D eigenvalue weighted by atomic mass is 19.1. The van der Waals surface area contributed by atoms with E-state index in [0.29, 0.717) is 30.1 Å². The third kappa shape index (κ3) is 4.82. The lowest BCUT2D eigenvalue weighted by atomic mass is 10.0. The van der Waals surface area contributed by atoms with Crippen LogP contribution in [0.1, 0.15) is 34.6 Å². The number of carbonyl (C=O) groups excluding carboxylic acids is 2. The van der Waals surface area contributed by atoms with Crippen molar-refractivity contribution in [2.75, 3.05) is 31.9 Å². The molecule has 0 saturated carbocycles. The molecule has 2 aromatic rings. The fraction of sp³-hybridized carbons (Fsp3) is 0.364. The summed E-state index contributed by atoms with van der Waals surface area (Å²) in [6, 6.07) is 10.6. The molecule has 1 aliphatic heterocycles. The molecule has 172 valence electrons. The summed E-state index contributed by atoms with van der Waals surface area (Å²) in [5, 5.41) is 1.42. The van der Waals surface area contributed by atoms with Crippen LogP contribution in [0.4, 0.5) is 10.1 Å². The number of anilines is 1. The van der Waals surface area contributed by atoms with Gasteiger partial charge in [-0.15, -0.1) is 0 Å². The zero-order valence-corrected chi connectivity index (χ0v) is 18.4. The molecule has 0 aromatic heterocycles. The fourth-order valence-corrected chi connectivity index (χ4v) is 3.99. The maximum absolute atomic E-state index is 14.4. The Bertz CT molecular complexity index is 959. The lowest BCUT2D eigenvalue weighted by molar-refractivity contribution is 0.0252. The average molecular weight is 445 g/mol. The van der Waals surface area contributed by atoms with E-state index >= 15 is 0 Å². The number of nitrogens with one attached hydrogen (secondary N) is 1. The summed E-state index contributed by atoms with van der Waals surface area (Å²) in [6.07, 6.45) is 0.